The van der Waals surface area contributed by atoms with Crippen LogP contribution in [0.1, 0.15) is 19.4 Å². The Morgan fingerprint density at radius 3 is 2.27 bits per heavy atom. The predicted molar refractivity (Wildman–Crippen MR) is 105 cm³/mol. The van der Waals surface area contributed by atoms with Gasteiger partial charge in [-0.2, -0.15) is 0 Å². The van der Waals surface area contributed by atoms with Crippen molar-refractivity contribution in [1.29, 1.82) is 0 Å². The first-order chi connectivity index (χ1) is 12.1. The Balaban J connectivity index is 2.14. The zero-order valence-electron chi connectivity index (χ0n) is 14.9. The number of aryl methyl sites for hydroxylation is 1. The Kier molecular flexibility index (Phi) is 6.16. The van der Waals surface area contributed by atoms with Crippen molar-refractivity contribution in [3.05, 3.63) is 52.0 Å². The standard InChI is InChI=1S/C19H20Cl2N2O3/c1-11-5-6-12(20)9-15(11)23-18(25)19(2,3)17(24)22-13-7-8-16(26-4)14(21)10-13/h5-10H,1-4H3,(H,22,24)(H,23,25). The second kappa shape index (κ2) is 7.98. The summed E-state index contributed by atoms with van der Waals surface area (Å²) >= 11 is 12.0. The van der Waals surface area contributed by atoms with Crippen molar-refractivity contribution in [2.45, 2.75) is 20.8 Å². The zero-order chi connectivity index (χ0) is 19.5. The van der Waals surface area contributed by atoms with Gasteiger partial charge in [-0.1, -0.05) is 29.3 Å². The minimum Gasteiger partial charge on any atom is -0.495 e. The molecular weight excluding hydrogens is 375 g/mol. The van der Waals surface area contributed by atoms with Crippen LogP contribution < -0.4 is 15.4 Å². The topological polar surface area (TPSA) is 67.4 Å². The molecule has 0 saturated heterocycles. The Labute approximate surface area is 162 Å². The maximum atomic E-state index is 12.6. The van der Waals surface area contributed by atoms with Crippen LogP contribution in [0.4, 0.5) is 11.4 Å². The summed E-state index contributed by atoms with van der Waals surface area (Å²) in [6.07, 6.45) is 0. The number of ether oxygens (including phenoxy) is 1. The van der Waals surface area contributed by atoms with Crippen LogP contribution in [0, 0.1) is 12.3 Å². The predicted octanol–water partition coefficient (Wildman–Crippen LogP) is 4.91. The van der Waals surface area contributed by atoms with Gasteiger partial charge in [-0.05, 0) is 56.7 Å². The lowest BCUT2D eigenvalue weighted by atomic mass is 9.90. The van der Waals surface area contributed by atoms with E-state index in [4.69, 9.17) is 27.9 Å². The monoisotopic (exact) mass is 394 g/mol. The van der Waals surface area contributed by atoms with Gasteiger partial charge in [-0.15, -0.1) is 0 Å². The quantitative estimate of drug-likeness (QED) is 0.707. The van der Waals surface area contributed by atoms with E-state index in [9.17, 15) is 9.59 Å². The number of benzene rings is 2. The molecule has 2 amide bonds. The highest BCUT2D eigenvalue weighted by molar-refractivity contribution is 6.32. The van der Waals surface area contributed by atoms with E-state index in [-0.39, 0.29) is 0 Å². The molecule has 0 heterocycles. The maximum Gasteiger partial charge on any atom is 0.239 e. The molecule has 2 aromatic rings. The molecule has 0 aliphatic heterocycles. The van der Waals surface area contributed by atoms with Crippen LogP contribution in [0.5, 0.6) is 5.75 Å². The third-order valence-electron chi connectivity index (χ3n) is 3.99. The van der Waals surface area contributed by atoms with E-state index in [1.807, 2.05) is 6.92 Å². The van der Waals surface area contributed by atoms with Gasteiger partial charge in [0.1, 0.15) is 11.2 Å². The van der Waals surface area contributed by atoms with Crippen LogP contribution in [0.15, 0.2) is 36.4 Å². The van der Waals surface area contributed by atoms with Crippen molar-refractivity contribution < 1.29 is 14.3 Å². The van der Waals surface area contributed by atoms with Gasteiger partial charge in [-0.25, -0.2) is 0 Å². The Morgan fingerprint density at radius 1 is 1.00 bits per heavy atom. The minimum atomic E-state index is -1.32. The highest BCUT2D eigenvalue weighted by Crippen LogP contribution is 2.29. The summed E-state index contributed by atoms with van der Waals surface area (Å²) in [4.78, 5) is 25.2. The molecule has 2 aromatic carbocycles. The number of carbonyl (C=O) groups excluding carboxylic acids is 2. The third kappa shape index (κ3) is 4.48. The highest BCUT2D eigenvalue weighted by Gasteiger charge is 2.36. The SMILES string of the molecule is COc1ccc(NC(=O)C(C)(C)C(=O)Nc2cc(Cl)ccc2C)cc1Cl. The lowest BCUT2D eigenvalue weighted by molar-refractivity contribution is -0.135. The zero-order valence-corrected chi connectivity index (χ0v) is 16.5. The molecule has 0 aliphatic carbocycles. The number of amides is 2. The van der Waals surface area contributed by atoms with Crippen LogP contribution in [-0.2, 0) is 9.59 Å². The van der Waals surface area contributed by atoms with Gasteiger partial charge in [-0.3, -0.25) is 9.59 Å². The van der Waals surface area contributed by atoms with Crippen LogP contribution in [0.2, 0.25) is 10.0 Å². The molecule has 2 rings (SSSR count). The molecule has 0 atom stereocenters. The first-order valence-corrected chi connectivity index (χ1v) is 8.63. The van der Waals surface area contributed by atoms with E-state index in [2.05, 4.69) is 10.6 Å². The first kappa shape index (κ1) is 20.1. The third-order valence-corrected chi connectivity index (χ3v) is 4.52. The molecule has 5 nitrogen and oxygen atoms in total. The van der Waals surface area contributed by atoms with Gasteiger partial charge in [0, 0.05) is 16.4 Å². The van der Waals surface area contributed by atoms with E-state index in [1.54, 1.807) is 50.2 Å². The van der Waals surface area contributed by atoms with Crippen LogP contribution in [-0.4, -0.2) is 18.9 Å². The summed E-state index contributed by atoms with van der Waals surface area (Å²) in [7, 11) is 1.50. The fourth-order valence-corrected chi connectivity index (χ4v) is 2.57. The molecule has 0 aliphatic rings. The minimum absolute atomic E-state index is 0.363. The number of methoxy groups -OCH3 is 1. The summed E-state index contributed by atoms with van der Waals surface area (Å²) in [5.41, 5.74) is 0.568. The molecule has 0 spiro atoms. The second-order valence-electron chi connectivity index (χ2n) is 6.34. The molecule has 0 unspecified atom stereocenters. The molecular formula is C19H20Cl2N2O3. The van der Waals surface area contributed by atoms with Gasteiger partial charge < -0.3 is 15.4 Å². The van der Waals surface area contributed by atoms with Gasteiger partial charge >= 0.3 is 0 Å². The number of anilines is 2. The van der Waals surface area contributed by atoms with Gasteiger partial charge in [0.25, 0.3) is 0 Å². The summed E-state index contributed by atoms with van der Waals surface area (Å²) in [5.74, 6) is -0.408. The average Bonchev–Trinajstić information content (AvgIpc) is 2.58. The number of hydrogen-bond acceptors (Lipinski definition) is 3. The molecule has 0 radical (unpaired) electrons. The number of nitrogens with one attached hydrogen (secondary N) is 2. The Hall–Kier alpha value is -2.24. The van der Waals surface area contributed by atoms with E-state index in [1.165, 1.54) is 7.11 Å². The van der Waals surface area contributed by atoms with Crippen molar-refractivity contribution >= 4 is 46.4 Å². The molecule has 0 bridgehead atoms. The maximum absolute atomic E-state index is 12.6. The number of halogens is 2. The lowest BCUT2D eigenvalue weighted by Crippen LogP contribution is -2.41. The first-order valence-electron chi connectivity index (χ1n) is 7.87. The molecule has 0 aromatic heterocycles. The molecule has 138 valence electrons. The molecule has 2 N–H and O–H groups in total. The summed E-state index contributed by atoms with van der Waals surface area (Å²) in [6.45, 7) is 4.93. The van der Waals surface area contributed by atoms with Crippen molar-refractivity contribution in [3.8, 4) is 5.75 Å². The van der Waals surface area contributed by atoms with Crippen LogP contribution in [0.25, 0.3) is 0 Å². The fourth-order valence-electron chi connectivity index (χ4n) is 2.14. The average molecular weight is 395 g/mol. The number of hydrogen-bond donors (Lipinski definition) is 2. The molecule has 0 saturated carbocycles. The van der Waals surface area contributed by atoms with Crippen LogP contribution in [0.3, 0.4) is 0 Å². The van der Waals surface area contributed by atoms with Crippen molar-refractivity contribution in [2.75, 3.05) is 17.7 Å². The molecule has 7 heteroatoms. The van der Waals surface area contributed by atoms with Crippen LogP contribution >= 0.6 is 23.2 Å². The van der Waals surface area contributed by atoms with E-state index < -0.39 is 17.2 Å². The second-order valence-corrected chi connectivity index (χ2v) is 7.19. The Bertz CT molecular complexity index is 851. The number of rotatable bonds is 5. The summed E-state index contributed by atoms with van der Waals surface area (Å²) in [5, 5.41) is 6.32. The lowest BCUT2D eigenvalue weighted by Gasteiger charge is -2.23. The summed E-state index contributed by atoms with van der Waals surface area (Å²) in [6, 6.07) is 10.0. The number of carbonyl (C=O) groups is 2. The smallest absolute Gasteiger partial charge is 0.239 e. The fraction of sp³-hybridized carbons (Fsp3) is 0.263. The van der Waals surface area contributed by atoms with Crippen molar-refractivity contribution in [2.24, 2.45) is 5.41 Å². The molecule has 26 heavy (non-hydrogen) atoms. The molecule has 0 fully saturated rings. The van der Waals surface area contributed by atoms with Gasteiger partial charge in [0.05, 0.1) is 12.1 Å². The van der Waals surface area contributed by atoms with E-state index in [0.29, 0.717) is 27.2 Å². The van der Waals surface area contributed by atoms with Gasteiger partial charge in [0.2, 0.25) is 11.8 Å². The Morgan fingerprint density at radius 2 is 1.65 bits per heavy atom. The van der Waals surface area contributed by atoms with Crippen molar-refractivity contribution in [1.82, 2.24) is 0 Å². The normalized spacial score (nSPS) is 11.0. The van der Waals surface area contributed by atoms with Gasteiger partial charge in [0.15, 0.2) is 0 Å². The van der Waals surface area contributed by atoms with E-state index >= 15 is 0 Å². The van der Waals surface area contributed by atoms with E-state index in [0.717, 1.165) is 5.56 Å². The highest BCUT2D eigenvalue weighted by atomic mass is 35.5. The van der Waals surface area contributed by atoms with Crippen molar-refractivity contribution in [3.63, 3.8) is 0 Å². The summed E-state index contributed by atoms with van der Waals surface area (Å²) < 4.78 is 5.08. The largest absolute Gasteiger partial charge is 0.495 e.